The van der Waals surface area contributed by atoms with E-state index in [0.717, 1.165) is 5.57 Å². The molecule has 110 valence electrons. The van der Waals surface area contributed by atoms with Crippen molar-refractivity contribution in [3.63, 3.8) is 0 Å². The monoisotopic (exact) mass is 280 g/mol. The quantitative estimate of drug-likeness (QED) is 0.450. The van der Waals surface area contributed by atoms with E-state index in [-0.39, 0.29) is 5.69 Å². The van der Waals surface area contributed by atoms with Gasteiger partial charge in [-0.2, -0.15) is 0 Å². The van der Waals surface area contributed by atoms with Crippen molar-refractivity contribution >= 4 is 5.69 Å². The molecule has 1 aromatic carbocycles. The molecule has 0 fully saturated rings. The van der Waals surface area contributed by atoms with Crippen LogP contribution in [-0.2, 0) is 0 Å². The molecule has 0 aromatic heterocycles. The average molecular weight is 280 g/mol. The number of non-ortho nitro benzene ring substituents is 1. The Labute approximate surface area is 118 Å². The van der Waals surface area contributed by atoms with Gasteiger partial charge in [0.2, 0.25) is 0 Å². The number of nitro groups is 1. The van der Waals surface area contributed by atoms with E-state index in [1.807, 2.05) is 13.8 Å². The molecule has 0 bridgehead atoms. The van der Waals surface area contributed by atoms with Crippen LogP contribution in [0.4, 0.5) is 5.69 Å². The summed E-state index contributed by atoms with van der Waals surface area (Å²) >= 11 is 0. The number of nitrogens with zero attached hydrogens (tertiary/aromatic N) is 1. The summed E-state index contributed by atoms with van der Waals surface area (Å²) in [6.07, 6.45) is 0. The highest BCUT2D eigenvalue weighted by Crippen LogP contribution is 2.31. The van der Waals surface area contributed by atoms with Crippen molar-refractivity contribution in [3.05, 3.63) is 40.5 Å². The summed E-state index contributed by atoms with van der Waals surface area (Å²) in [6, 6.07) is 4.62. The van der Waals surface area contributed by atoms with E-state index in [4.69, 9.17) is 9.47 Å². The van der Waals surface area contributed by atoms with E-state index < -0.39 is 4.92 Å². The Hall–Kier alpha value is -2.08. The first kappa shape index (κ1) is 16.0. The first-order valence-corrected chi connectivity index (χ1v) is 6.29. The van der Waals surface area contributed by atoms with Crippen LogP contribution in [-0.4, -0.2) is 31.2 Å². The number of ether oxygens (including phenoxy) is 2. The van der Waals surface area contributed by atoms with Gasteiger partial charge >= 0.3 is 0 Å². The van der Waals surface area contributed by atoms with Crippen LogP contribution in [0.15, 0.2) is 30.4 Å². The van der Waals surface area contributed by atoms with E-state index in [1.54, 1.807) is 0 Å². The zero-order valence-electron chi connectivity index (χ0n) is 12.0. The molecule has 6 heteroatoms. The lowest BCUT2D eigenvalue weighted by Gasteiger charge is -2.13. The summed E-state index contributed by atoms with van der Waals surface area (Å²) in [4.78, 5) is 10.2. The van der Waals surface area contributed by atoms with Crippen LogP contribution in [0, 0.1) is 10.1 Å². The molecule has 0 heterocycles. The lowest BCUT2D eigenvalue weighted by atomic mass is 10.2. The molecular weight excluding hydrogens is 260 g/mol. The molecule has 0 saturated carbocycles. The third-order valence-electron chi connectivity index (χ3n) is 2.55. The Balaban J connectivity index is 2.63. The molecule has 0 unspecified atom stereocenters. The van der Waals surface area contributed by atoms with Gasteiger partial charge in [-0.05, 0) is 11.6 Å². The number of nitrogens with one attached hydrogen (secondary N) is 1. The van der Waals surface area contributed by atoms with E-state index in [1.165, 1.54) is 25.3 Å². The van der Waals surface area contributed by atoms with Gasteiger partial charge in [-0.15, -0.1) is 0 Å². The summed E-state index contributed by atoms with van der Waals surface area (Å²) < 4.78 is 10.7. The molecule has 1 N–H and O–H groups in total. The molecular formula is C14H20N2O4. The van der Waals surface area contributed by atoms with Gasteiger partial charge in [0.1, 0.15) is 6.61 Å². The van der Waals surface area contributed by atoms with Crippen molar-refractivity contribution in [2.45, 2.75) is 19.9 Å². The van der Waals surface area contributed by atoms with Crippen LogP contribution in [0.1, 0.15) is 13.8 Å². The van der Waals surface area contributed by atoms with E-state index in [9.17, 15) is 10.1 Å². The molecule has 6 nitrogen and oxygen atoms in total. The topological polar surface area (TPSA) is 73.6 Å². The second-order valence-corrected chi connectivity index (χ2v) is 4.67. The second kappa shape index (κ2) is 7.49. The van der Waals surface area contributed by atoms with Crippen molar-refractivity contribution in [1.29, 1.82) is 0 Å². The van der Waals surface area contributed by atoms with Crippen LogP contribution in [0.5, 0.6) is 11.5 Å². The molecule has 0 amide bonds. The van der Waals surface area contributed by atoms with E-state index in [2.05, 4.69) is 11.9 Å². The summed E-state index contributed by atoms with van der Waals surface area (Å²) in [5, 5.41) is 13.9. The van der Waals surface area contributed by atoms with Crippen molar-refractivity contribution in [1.82, 2.24) is 5.32 Å². The van der Waals surface area contributed by atoms with Crippen molar-refractivity contribution < 1.29 is 14.4 Å². The Morgan fingerprint density at radius 2 is 2.15 bits per heavy atom. The molecule has 0 aliphatic heterocycles. The number of methoxy groups -OCH3 is 1. The highest BCUT2D eigenvalue weighted by Gasteiger charge is 2.12. The second-order valence-electron chi connectivity index (χ2n) is 4.67. The van der Waals surface area contributed by atoms with Gasteiger partial charge in [0.15, 0.2) is 11.5 Å². The van der Waals surface area contributed by atoms with Crippen LogP contribution < -0.4 is 14.8 Å². The van der Waals surface area contributed by atoms with Crippen LogP contribution >= 0.6 is 0 Å². The molecule has 1 rings (SSSR count). The number of nitro benzene ring substituents is 1. The fourth-order valence-corrected chi connectivity index (χ4v) is 1.47. The Morgan fingerprint density at radius 1 is 1.45 bits per heavy atom. The normalized spacial score (nSPS) is 10.4. The molecule has 20 heavy (non-hydrogen) atoms. The summed E-state index contributed by atoms with van der Waals surface area (Å²) in [5.74, 6) is 0.799. The van der Waals surface area contributed by atoms with E-state index >= 15 is 0 Å². The lowest BCUT2D eigenvalue weighted by molar-refractivity contribution is -0.384. The summed E-state index contributed by atoms with van der Waals surface area (Å²) in [6.45, 7) is 8.99. The van der Waals surface area contributed by atoms with Crippen molar-refractivity contribution in [2.75, 3.05) is 20.3 Å². The van der Waals surface area contributed by atoms with Gasteiger partial charge in [-0.25, -0.2) is 0 Å². The number of hydrogen-bond acceptors (Lipinski definition) is 5. The van der Waals surface area contributed by atoms with Crippen LogP contribution in [0.25, 0.3) is 0 Å². The number of rotatable bonds is 8. The Kier molecular flexibility index (Phi) is 5.99. The molecule has 0 saturated heterocycles. The fourth-order valence-electron chi connectivity index (χ4n) is 1.47. The van der Waals surface area contributed by atoms with Gasteiger partial charge in [0.25, 0.3) is 5.69 Å². The molecule has 0 aliphatic carbocycles. The number of hydrogen-bond donors (Lipinski definition) is 1. The summed E-state index contributed by atoms with van der Waals surface area (Å²) in [7, 11) is 1.45. The maximum absolute atomic E-state index is 10.7. The van der Waals surface area contributed by atoms with Gasteiger partial charge < -0.3 is 14.8 Å². The Morgan fingerprint density at radius 3 is 2.70 bits per heavy atom. The first-order valence-electron chi connectivity index (χ1n) is 6.29. The molecule has 0 aliphatic rings. The minimum atomic E-state index is -0.474. The van der Waals surface area contributed by atoms with Gasteiger partial charge in [-0.3, -0.25) is 10.1 Å². The third-order valence-corrected chi connectivity index (χ3v) is 2.55. The fraction of sp³-hybridized carbons (Fsp3) is 0.429. The molecule has 0 spiro atoms. The Bertz CT molecular complexity index is 486. The van der Waals surface area contributed by atoms with Crippen LogP contribution in [0.3, 0.4) is 0 Å². The van der Waals surface area contributed by atoms with Gasteiger partial charge in [0.05, 0.1) is 18.1 Å². The zero-order valence-corrected chi connectivity index (χ0v) is 12.0. The predicted octanol–water partition coefficient (Wildman–Crippen LogP) is 2.54. The molecule has 0 atom stereocenters. The van der Waals surface area contributed by atoms with Crippen molar-refractivity contribution in [2.24, 2.45) is 0 Å². The average Bonchev–Trinajstić information content (AvgIpc) is 2.42. The maximum atomic E-state index is 10.7. The van der Waals surface area contributed by atoms with E-state index in [0.29, 0.717) is 30.7 Å². The SMILES string of the molecule is C=C(CNC(C)C)COc1ccc([N+](=O)[O-])cc1OC. The highest BCUT2D eigenvalue weighted by atomic mass is 16.6. The third kappa shape index (κ3) is 4.89. The predicted molar refractivity (Wildman–Crippen MR) is 77.4 cm³/mol. The maximum Gasteiger partial charge on any atom is 0.273 e. The highest BCUT2D eigenvalue weighted by molar-refractivity contribution is 5.48. The minimum absolute atomic E-state index is 0.0329. The zero-order chi connectivity index (χ0) is 15.1. The smallest absolute Gasteiger partial charge is 0.273 e. The number of benzene rings is 1. The standard InChI is InChI=1S/C14H20N2O4/c1-10(2)15-8-11(3)9-20-13-6-5-12(16(17)18)7-14(13)19-4/h5-7,10,15H,3,8-9H2,1-2,4H3. The van der Waals surface area contributed by atoms with Gasteiger partial charge in [0, 0.05) is 18.7 Å². The molecule has 1 aromatic rings. The minimum Gasteiger partial charge on any atom is -0.493 e. The van der Waals surface area contributed by atoms with Gasteiger partial charge in [-0.1, -0.05) is 20.4 Å². The van der Waals surface area contributed by atoms with Crippen LogP contribution in [0.2, 0.25) is 0 Å². The molecule has 0 radical (unpaired) electrons. The largest absolute Gasteiger partial charge is 0.493 e. The summed E-state index contributed by atoms with van der Waals surface area (Å²) in [5.41, 5.74) is 0.855. The lowest BCUT2D eigenvalue weighted by Crippen LogP contribution is -2.26. The first-order chi connectivity index (χ1) is 9.43. The van der Waals surface area contributed by atoms with Crippen molar-refractivity contribution in [3.8, 4) is 11.5 Å².